The third-order valence-electron chi connectivity index (χ3n) is 2.70. The molecule has 0 unspecified atom stereocenters. The van der Waals surface area contributed by atoms with Gasteiger partial charge in [0.25, 0.3) is 0 Å². The smallest absolute Gasteiger partial charge is 0.348 e. The zero-order chi connectivity index (χ0) is 13.3. The molecule has 0 aromatic carbocycles. The molecule has 0 saturated heterocycles. The fraction of sp³-hybridized carbons (Fsp3) is 0.417. The van der Waals surface area contributed by atoms with Crippen LogP contribution in [0.15, 0.2) is 20.4 Å². The van der Waals surface area contributed by atoms with E-state index in [0.717, 1.165) is 12.8 Å². The Bertz CT molecular complexity index is 570. The van der Waals surface area contributed by atoms with Gasteiger partial charge < -0.3 is 9.52 Å². The maximum Gasteiger partial charge on any atom is 0.348 e. The molecule has 0 spiro atoms. The topological polar surface area (TPSA) is 91.9 Å². The first-order valence-corrected chi connectivity index (χ1v) is 5.67. The number of nitrogens with zero attached hydrogens (tertiary/aromatic N) is 1. The van der Waals surface area contributed by atoms with Crippen LogP contribution in [0, 0.1) is 12.8 Å². The number of amides is 1. The molecule has 1 aromatic rings. The van der Waals surface area contributed by atoms with Crippen molar-refractivity contribution in [3.63, 3.8) is 0 Å². The van der Waals surface area contributed by atoms with Crippen LogP contribution in [0.1, 0.15) is 31.1 Å². The summed E-state index contributed by atoms with van der Waals surface area (Å²) in [4.78, 5) is 23.0. The quantitative estimate of drug-likeness (QED) is 0.616. The normalized spacial score (nSPS) is 15.6. The predicted octanol–water partition coefficient (Wildman–Crippen LogP) is 0.904. The molecule has 2 N–H and O–H groups in total. The standard InChI is InChI=1S/C12H14N2O4/c1-6-5-9(15)10(12(17)18-6)7(2)13-14-11(16)8-3-4-8/h5,8,15H,3-4H2,1-2H3,(H,14,16)/b13-7-. The van der Waals surface area contributed by atoms with Crippen molar-refractivity contribution in [2.75, 3.05) is 0 Å². The Kier molecular flexibility index (Phi) is 3.18. The summed E-state index contributed by atoms with van der Waals surface area (Å²) < 4.78 is 4.87. The number of nitrogens with one attached hydrogen (secondary N) is 1. The average molecular weight is 250 g/mol. The second-order valence-corrected chi connectivity index (χ2v) is 4.35. The van der Waals surface area contributed by atoms with Crippen molar-refractivity contribution in [3.05, 3.63) is 27.8 Å². The van der Waals surface area contributed by atoms with E-state index in [1.54, 1.807) is 6.92 Å². The Morgan fingerprint density at radius 1 is 1.56 bits per heavy atom. The molecule has 1 heterocycles. The second-order valence-electron chi connectivity index (χ2n) is 4.35. The molecule has 18 heavy (non-hydrogen) atoms. The van der Waals surface area contributed by atoms with Gasteiger partial charge in [-0.1, -0.05) is 0 Å². The van der Waals surface area contributed by atoms with Crippen LogP contribution in [0.25, 0.3) is 0 Å². The lowest BCUT2D eigenvalue weighted by molar-refractivity contribution is -0.122. The summed E-state index contributed by atoms with van der Waals surface area (Å²) in [7, 11) is 0. The van der Waals surface area contributed by atoms with Crippen molar-refractivity contribution in [1.82, 2.24) is 5.43 Å². The molecule has 1 fully saturated rings. The Hall–Kier alpha value is -2.11. The van der Waals surface area contributed by atoms with Crippen LogP contribution in [-0.4, -0.2) is 16.7 Å². The molecule has 6 nitrogen and oxygen atoms in total. The number of hydrogen-bond acceptors (Lipinski definition) is 5. The lowest BCUT2D eigenvalue weighted by Gasteiger charge is -2.03. The molecule has 0 aliphatic heterocycles. The van der Waals surface area contributed by atoms with Crippen LogP contribution in [0.3, 0.4) is 0 Å². The van der Waals surface area contributed by atoms with Gasteiger partial charge in [0.05, 0.1) is 5.71 Å². The molecular weight excluding hydrogens is 236 g/mol. The van der Waals surface area contributed by atoms with E-state index in [1.165, 1.54) is 13.0 Å². The van der Waals surface area contributed by atoms with Crippen LogP contribution in [0.2, 0.25) is 0 Å². The zero-order valence-electron chi connectivity index (χ0n) is 10.2. The Morgan fingerprint density at radius 2 is 2.22 bits per heavy atom. The number of carbonyl (C=O) groups excluding carboxylic acids is 1. The van der Waals surface area contributed by atoms with Gasteiger partial charge in [0.1, 0.15) is 17.1 Å². The van der Waals surface area contributed by atoms with Gasteiger partial charge >= 0.3 is 5.63 Å². The van der Waals surface area contributed by atoms with Gasteiger partial charge in [0.2, 0.25) is 5.91 Å². The molecule has 1 saturated carbocycles. The number of carbonyl (C=O) groups is 1. The monoisotopic (exact) mass is 250 g/mol. The Balaban J connectivity index is 2.22. The van der Waals surface area contributed by atoms with Gasteiger partial charge in [-0.3, -0.25) is 4.79 Å². The van der Waals surface area contributed by atoms with Crippen LogP contribution >= 0.6 is 0 Å². The van der Waals surface area contributed by atoms with Crippen molar-refractivity contribution in [1.29, 1.82) is 0 Å². The van der Waals surface area contributed by atoms with Crippen molar-refractivity contribution in [2.45, 2.75) is 26.7 Å². The highest BCUT2D eigenvalue weighted by atomic mass is 16.4. The molecule has 1 aromatic heterocycles. The van der Waals surface area contributed by atoms with E-state index < -0.39 is 5.63 Å². The van der Waals surface area contributed by atoms with E-state index in [4.69, 9.17) is 4.42 Å². The van der Waals surface area contributed by atoms with Gasteiger partial charge in [-0.05, 0) is 26.7 Å². The van der Waals surface area contributed by atoms with E-state index in [2.05, 4.69) is 10.5 Å². The lowest BCUT2D eigenvalue weighted by Crippen LogP contribution is -2.22. The highest BCUT2D eigenvalue weighted by molar-refractivity contribution is 6.01. The van der Waals surface area contributed by atoms with Gasteiger partial charge in [-0.25, -0.2) is 10.2 Å². The van der Waals surface area contributed by atoms with Crippen LogP contribution in [-0.2, 0) is 4.79 Å². The molecule has 1 aliphatic rings. The maximum absolute atomic E-state index is 11.6. The molecule has 6 heteroatoms. The van der Waals surface area contributed by atoms with Crippen molar-refractivity contribution in [3.8, 4) is 5.75 Å². The Morgan fingerprint density at radius 3 is 2.78 bits per heavy atom. The first-order chi connectivity index (χ1) is 8.49. The highest BCUT2D eigenvalue weighted by Gasteiger charge is 2.29. The van der Waals surface area contributed by atoms with E-state index >= 15 is 0 Å². The summed E-state index contributed by atoms with van der Waals surface area (Å²) in [5.41, 5.74) is 1.88. The maximum atomic E-state index is 11.6. The number of hydrogen-bond donors (Lipinski definition) is 2. The average Bonchev–Trinajstić information content (AvgIpc) is 3.07. The molecule has 0 bridgehead atoms. The van der Waals surface area contributed by atoms with Crippen LogP contribution < -0.4 is 11.1 Å². The lowest BCUT2D eigenvalue weighted by atomic mass is 10.2. The molecule has 0 atom stereocenters. The highest BCUT2D eigenvalue weighted by Crippen LogP contribution is 2.28. The molecule has 1 amide bonds. The van der Waals surface area contributed by atoms with Gasteiger partial charge in [-0.15, -0.1) is 0 Å². The van der Waals surface area contributed by atoms with Gasteiger partial charge in [0.15, 0.2) is 0 Å². The first kappa shape index (κ1) is 12.3. The van der Waals surface area contributed by atoms with Gasteiger partial charge in [-0.2, -0.15) is 5.10 Å². The minimum Gasteiger partial charge on any atom is -0.507 e. The largest absolute Gasteiger partial charge is 0.507 e. The third-order valence-corrected chi connectivity index (χ3v) is 2.70. The zero-order valence-corrected chi connectivity index (χ0v) is 10.2. The Labute approximate surface area is 103 Å². The molecule has 2 rings (SSSR count). The second kappa shape index (κ2) is 4.64. The first-order valence-electron chi connectivity index (χ1n) is 5.67. The minimum atomic E-state index is -0.672. The molecular formula is C12H14N2O4. The van der Waals surface area contributed by atoms with E-state index in [9.17, 15) is 14.7 Å². The van der Waals surface area contributed by atoms with Crippen molar-refractivity contribution >= 4 is 11.6 Å². The van der Waals surface area contributed by atoms with E-state index in [0.29, 0.717) is 5.76 Å². The molecule has 1 aliphatic carbocycles. The fourth-order valence-corrected chi connectivity index (χ4v) is 1.56. The number of aryl methyl sites for hydroxylation is 1. The number of rotatable bonds is 3. The molecule has 96 valence electrons. The fourth-order valence-electron chi connectivity index (χ4n) is 1.56. The summed E-state index contributed by atoms with van der Waals surface area (Å²) in [6.07, 6.45) is 1.75. The summed E-state index contributed by atoms with van der Waals surface area (Å²) in [5, 5.41) is 13.5. The van der Waals surface area contributed by atoms with E-state index in [-0.39, 0.29) is 28.8 Å². The van der Waals surface area contributed by atoms with E-state index in [1.807, 2.05) is 0 Å². The summed E-state index contributed by atoms with van der Waals surface area (Å²) in [6, 6.07) is 1.33. The minimum absolute atomic E-state index is 0.0308. The number of hydrazone groups is 1. The summed E-state index contributed by atoms with van der Waals surface area (Å²) >= 11 is 0. The predicted molar refractivity (Wildman–Crippen MR) is 64.5 cm³/mol. The third kappa shape index (κ3) is 2.58. The van der Waals surface area contributed by atoms with Crippen molar-refractivity contribution in [2.24, 2.45) is 11.0 Å². The van der Waals surface area contributed by atoms with Gasteiger partial charge in [0, 0.05) is 12.0 Å². The van der Waals surface area contributed by atoms with Crippen LogP contribution in [0.5, 0.6) is 5.75 Å². The summed E-state index contributed by atoms with van der Waals surface area (Å²) in [6.45, 7) is 3.08. The SMILES string of the molecule is C/C(=N/NC(=O)C1CC1)c1c(O)cc(C)oc1=O. The van der Waals surface area contributed by atoms with Crippen molar-refractivity contribution < 1.29 is 14.3 Å². The molecule has 0 radical (unpaired) electrons. The number of aromatic hydroxyl groups is 1. The van der Waals surface area contributed by atoms with Crippen LogP contribution in [0.4, 0.5) is 0 Å². The summed E-state index contributed by atoms with van der Waals surface area (Å²) in [5.74, 6) is -0.0170.